The Hall–Kier alpha value is -1.38. The summed E-state index contributed by atoms with van der Waals surface area (Å²) in [7, 11) is 0. The van der Waals surface area contributed by atoms with Gasteiger partial charge in [0.1, 0.15) is 5.78 Å². The molecule has 0 amide bonds. The van der Waals surface area contributed by atoms with Crippen LogP contribution in [0.25, 0.3) is 0 Å². The average Bonchev–Trinajstić information content (AvgIpc) is 2.80. The molecule has 0 heterocycles. The van der Waals surface area contributed by atoms with E-state index in [0.717, 1.165) is 32.1 Å². The molecule has 2 unspecified atom stereocenters. The summed E-state index contributed by atoms with van der Waals surface area (Å²) in [5, 5.41) is 0. The highest BCUT2D eigenvalue weighted by Crippen LogP contribution is 2.34. The molecular formula is C18H28O3. The molecule has 1 aliphatic carbocycles. The van der Waals surface area contributed by atoms with Gasteiger partial charge in [-0.3, -0.25) is 9.59 Å². The van der Waals surface area contributed by atoms with Gasteiger partial charge in [0.2, 0.25) is 0 Å². The number of rotatable bonds is 9. The Morgan fingerprint density at radius 3 is 2.62 bits per heavy atom. The van der Waals surface area contributed by atoms with Crippen molar-refractivity contribution in [3.63, 3.8) is 0 Å². The molecule has 0 radical (unpaired) electrons. The number of allylic oxidation sites excluding steroid dienone is 3. The van der Waals surface area contributed by atoms with E-state index in [1.165, 1.54) is 0 Å². The Kier molecular flexibility index (Phi) is 8.72. The molecule has 21 heavy (non-hydrogen) atoms. The van der Waals surface area contributed by atoms with Gasteiger partial charge in [-0.15, -0.1) is 0 Å². The molecule has 2 atom stereocenters. The Morgan fingerprint density at radius 2 is 1.90 bits per heavy atom. The zero-order valence-electron chi connectivity index (χ0n) is 13.3. The molecule has 0 aromatic rings. The Bertz CT molecular complexity index is 382. The van der Waals surface area contributed by atoms with Gasteiger partial charge < -0.3 is 4.74 Å². The van der Waals surface area contributed by atoms with Crippen LogP contribution in [0.5, 0.6) is 0 Å². The second-order valence-corrected chi connectivity index (χ2v) is 5.58. The summed E-state index contributed by atoms with van der Waals surface area (Å²) in [5.74, 6) is 0.321. The molecule has 0 aliphatic heterocycles. The molecule has 1 fully saturated rings. The van der Waals surface area contributed by atoms with E-state index in [2.05, 4.69) is 32.1 Å². The van der Waals surface area contributed by atoms with Gasteiger partial charge >= 0.3 is 5.97 Å². The van der Waals surface area contributed by atoms with E-state index in [0.29, 0.717) is 25.2 Å². The first-order chi connectivity index (χ1) is 10.2. The van der Waals surface area contributed by atoms with Crippen LogP contribution in [-0.4, -0.2) is 18.4 Å². The van der Waals surface area contributed by atoms with Crippen LogP contribution in [0.2, 0.25) is 0 Å². The van der Waals surface area contributed by atoms with Gasteiger partial charge in [-0.2, -0.15) is 0 Å². The average molecular weight is 292 g/mol. The van der Waals surface area contributed by atoms with Crippen LogP contribution in [-0.2, 0) is 14.3 Å². The van der Waals surface area contributed by atoms with Gasteiger partial charge in [0.15, 0.2) is 0 Å². The minimum absolute atomic E-state index is 0.0142. The Labute approximate surface area is 128 Å². The van der Waals surface area contributed by atoms with Crippen LogP contribution in [0.1, 0.15) is 58.8 Å². The lowest BCUT2D eigenvalue weighted by atomic mass is 9.89. The minimum atomic E-state index is -0.163. The third kappa shape index (κ3) is 6.74. The van der Waals surface area contributed by atoms with Crippen LogP contribution >= 0.6 is 0 Å². The Morgan fingerprint density at radius 1 is 1.19 bits per heavy atom. The lowest BCUT2D eigenvalue weighted by molar-refractivity contribution is -0.144. The highest BCUT2D eigenvalue weighted by molar-refractivity contribution is 5.84. The second-order valence-electron chi connectivity index (χ2n) is 5.58. The van der Waals surface area contributed by atoms with Crippen LogP contribution in [0.3, 0.4) is 0 Å². The van der Waals surface area contributed by atoms with Crippen molar-refractivity contribution in [2.45, 2.75) is 58.8 Å². The molecule has 1 rings (SSSR count). The normalized spacial score (nSPS) is 22.5. The number of esters is 1. The molecule has 0 aromatic carbocycles. The lowest BCUT2D eigenvalue weighted by Crippen LogP contribution is -2.19. The first-order valence-electron chi connectivity index (χ1n) is 8.17. The van der Waals surface area contributed by atoms with Crippen molar-refractivity contribution in [2.75, 3.05) is 6.61 Å². The number of hydrogen-bond acceptors (Lipinski definition) is 3. The van der Waals surface area contributed by atoms with E-state index in [4.69, 9.17) is 4.74 Å². The molecule has 3 nitrogen and oxygen atoms in total. The molecule has 0 bridgehead atoms. The predicted molar refractivity (Wildman–Crippen MR) is 84.9 cm³/mol. The molecule has 0 N–H and O–H groups in total. The molecule has 118 valence electrons. The molecular weight excluding hydrogens is 264 g/mol. The first-order valence-corrected chi connectivity index (χ1v) is 8.17. The second kappa shape index (κ2) is 10.4. The number of hydrogen-bond donors (Lipinski definition) is 0. The molecule has 0 saturated heterocycles. The third-order valence-electron chi connectivity index (χ3n) is 3.92. The van der Waals surface area contributed by atoms with Crippen LogP contribution < -0.4 is 0 Å². The van der Waals surface area contributed by atoms with Crippen molar-refractivity contribution in [3.8, 4) is 0 Å². The van der Waals surface area contributed by atoms with E-state index in [9.17, 15) is 9.59 Å². The van der Waals surface area contributed by atoms with Gasteiger partial charge in [-0.1, -0.05) is 38.2 Å². The van der Waals surface area contributed by atoms with Gasteiger partial charge in [-0.05, 0) is 38.0 Å². The van der Waals surface area contributed by atoms with E-state index >= 15 is 0 Å². The summed E-state index contributed by atoms with van der Waals surface area (Å²) in [6, 6.07) is 0. The van der Waals surface area contributed by atoms with Gasteiger partial charge in [0.25, 0.3) is 0 Å². The number of ketones is 1. The molecule has 1 saturated carbocycles. The minimum Gasteiger partial charge on any atom is -0.465 e. The molecule has 3 heteroatoms. The third-order valence-corrected chi connectivity index (χ3v) is 3.92. The van der Waals surface area contributed by atoms with Crippen molar-refractivity contribution < 1.29 is 14.3 Å². The highest BCUT2D eigenvalue weighted by Gasteiger charge is 2.35. The number of Topliss-reactive ketones (excluding diaryl/α,β-unsaturated/α-hetero) is 1. The number of carbonyl (C=O) groups excluding carboxylic acids is 2. The molecule has 1 aliphatic rings. The summed E-state index contributed by atoms with van der Waals surface area (Å²) in [6.45, 7) is 4.60. The van der Waals surface area contributed by atoms with Gasteiger partial charge in [0, 0.05) is 18.8 Å². The molecule has 0 aromatic heterocycles. The fourth-order valence-electron chi connectivity index (χ4n) is 2.75. The van der Waals surface area contributed by atoms with Crippen molar-refractivity contribution >= 4 is 11.8 Å². The maximum Gasteiger partial charge on any atom is 0.306 e. The van der Waals surface area contributed by atoms with Crippen LogP contribution in [0.15, 0.2) is 24.3 Å². The zero-order chi connectivity index (χ0) is 15.5. The van der Waals surface area contributed by atoms with Crippen molar-refractivity contribution in [1.82, 2.24) is 0 Å². The summed E-state index contributed by atoms with van der Waals surface area (Å²) in [5.41, 5.74) is 0. The van der Waals surface area contributed by atoms with Crippen LogP contribution in [0, 0.1) is 11.8 Å². The predicted octanol–water partition coefficient (Wildman–Crippen LogP) is 4.23. The zero-order valence-corrected chi connectivity index (χ0v) is 13.3. The quantitative estimate of drug-likeness (QED) is 0.363. The SMILES string of the molecule is CCC=CCCOC(=O)CC1CCC(=O)C1CC=CCC. The van der Waals surface area contributed by atoms with Gasteiger partial charge in [-0.25, -0.2) is 0 Å². The monoisotopic (exact) mass is 292 g/mol. The summed E-state index contributed by atoms with van der Waals surface area (Å²) in [4.78, 5) is 23.7. The van der Waals surface area contributed by atoms with Gasteiger partial charge in [0.05, 0.1) is 6.61 Å². The fraction of sp³-hybridized carbons (Fsp3) is 0.667. The lowest BCUT2D eigenvalue weighted by Gasteiger charge is -2.16. The smallest absolute Gasteiger partial charge is 0.306 e. The van der Waals surface area contributed by atoms with Crippen LogP contribution in [0.4, 0.5) is 0 Å². The maximum absolute atomic E-state index is 11.9. The summed E-state index contributed by atoms with van der Waals surface area (Å²) in [6.07, 6.45) is 13.6. The highest BCUT2D eigenvalue weighted by atomic mass is 16.5. The van der Waals surface area contributed by atoms with Crippen molar-refractivity contribution in [3.05, 3.63) is 24.3 Å². The number of ether oxygens (including phenoxy) is 1. The number of carbonyl (C=O) groups is 2. The standard InChI is InChI=1S/C18H28O3/c1-3-5-7-9-13-21-18(20)14-15-11-12-17(19)16(15)10-8-6-4-2/h5-8,15-16H,3-4,9-14H2,1-2H3. The summed E-state index contributed by atoms with van der Waals surface area (Å²) < 4.78 is 5.24. The van der Waals surface area contributed by atoms with Crippen molar-refractivity contribution in [1.29, 1.82) is 0 Å². The molecule has 0 spiro atoms. The maximum atomic E-state index is 11.9. The first kappa shape index (κ1) is 17.7. The Balaban J connectivity index is 2.34. The van der Waals surface area contributed by atoms with Crippen molar-refractivity contribution in [2.24, 2.45) is 11.8 Å². The van der Waals surface area contributed by atoms with E-state index < -0.39 is 0 Å². The van der Waals surface area contributed by atoms with E-state index in [-0.39, 0.29) is 17.8 Å². The van der Waals surface area contributed by atoms with E-state index in [1.54, 1.807) is 0 Å². The topological polar surface area (TPSA) is 43.4 Å². The largest absolute Gasteiger partial charge is 0.465 e. The fourth-order valence-corrected chi connectivity index (χ4v) is 2.75. The van der Waals surface area contributed by atoms with E-state index in [1.807, 2.05) is 6.08 Å². The summed E-state index contributed by atoms with van der Waals surface area (Å²) >= 11 is 0.